The van der Waals surface area contributed by atoms with Crippen molar-refractivity contribution in [3.8, 4) is 0 Å². The fraction of sp³-hybridized carbons (Fsp3) is 1.00. The van der Waals surface area contributed by atoms with Crippen molar-refractivity contribution in [2.45, 2.75) is 246 Å². The summed E-state index contributed by atoms with van der Waals surface area (Å²) in [5.74, 6) is 13.9. The topological polar surface area (TPSA) is 12.0 Å². The second-order valence-electron chi connectivity index (χ2n) is 23.0. The summed E-state index contributed by atoms with van der Waals surface area (Å²) in [6.45, 7) is 14.3. The van der Waals surface area contributed by atoms with Gasteiger partial charge in [-0.25, -0.2) is 0 Å². The summed E-state index contributed by atoms with van der Waals surface area (Å²) in [5, 5.41) is 4.29. The molecule has 7 rings (SSSR count). The van der Waals surface area contributed by atoms with Gasteiger partial charge in [-0.15, -0.1) is 0 Å². The molecule has 0 saturated heterocycles. The van der Waals surface area contributed by atoms with Crippen LogP contribution in [-0.2, 0) is 0 Å². The Kier molecular flexibility index (Phi) is 16.4. The minimum atomic E-state index is 0.670. The molecule has 13 atom stereocenters. The molecule has 55 heavy (non-hydrogen) atoms. The van der Waals surface area contributed by atoms with Crippen molar-refractivity contribution in [2.75, 3.05) is 6.54 Å². The molecule has 0 radical (unpaired) electrons. The SMILES string of the molecule is CCCCC1C(C)CCCCCCC2CC3CC(C4CCCC4)(CC(C)C(C4CCCCC4C(NCC)C4CCC(C)CC4)CCCCC21)C1CCCCC31. The second kappa shape index (κ2) is 21.0. The summed E-state index contributed by atoms with van der Waals surface area (Å²) >= 11 is 0. The minimum absolute atomic E-state index is 0.670. The Bertz CT molecular complexity index is 1080. The molecule has 1 N–H and O–H groups in total. The Labute approximate surface area is 345 Å². The molecule has 0 aromatic carbocycles. The predicted octanol–water partition coefficient (Wildman–Crippen LogP) is 16.2. The molecule has 1 heteroatoms. The molecular weight excluding hydrogens is 663 g/mol. The molecule has 7 fully saturated rings. The van der Waals surface area contributed by atoms with Crippen molar-refractivity contribution < 1.29 is 0 Å². The molecule has 0 aromatic heterocycles. The summed E-state index contributed by atoms with van der Waals surface area (Å²) in [5.41, 5.74) is 0.670. The zero-order chi connectivity index (χ0) is 38.2. The molecule has 2 bridgehead atoms. The summed E-state index contributed by atoms with van der Waals surface area (Å²) in [7, 11) is 0. The number of hydrogen-bond acceptors (Lipinski definition) is 1. The Balaban J connectivity index is 1.25. The maximum absolute atomic E-state index is 4.29. The lowest BCUT2D eigenvalue weighted by atomic mass is 9.56. The van der Waals surface area contributed by atoms with Crippen molar-refractivity contribution in [3.63, 3.8) is 0 Å². The van der Waals surface area contributed by atoms with Crippen LogP contribution in [0, 0.1) is 88.3 Å². The largest absolute Gasteiger partial charge is 0.314 e. The molecule has 0 aromatic rings. The monoisotopic (exact) mass is 760 g/mol. The van der Waals surface area contributed by atoms with E-state index in [1.165, 1.54) is 103 Å². The van der Waals surface area contributed by atoms with Crippen molar-refractivity contribution in [1.82, 2.24) is 5.32 Å². The van der Waals surface area contributed by atoms with Crippen molar-refractivity contribution in [2.24, 2.45) is 88.3 Å². The Hall–Kier alpha value is -0.0400. The van der Waals surface area contributed by atoms with E-state index in [4.69, 9.17) is 0 Å². The fourth-order valence-electron chi connectivity index (χ4n) is 17.5. The number of nitrogens with one attached hydrogen (secondary N) is 1. The van der Waals surface area contributed by atoms with E-state index >= 15 is 0 Å². The lowest BCUT2D eigenvalue weighted by Gasteiger charge is -2.50. The van der Waals surface area contributed by atoms with Gasteiger partial charge in [-0.05, 0) is 185 Å². The lowest BCUT2D eigenvalue weighted by molar-refractivity contribution is -0.000709. The summed E-state index contributed by atoms with van der Waals surface area (Å²) in [6.07, 6.45) is 49.4. The third-order valence-corrected chi connectivity index (χ3v) is 20.0. The van der Waals surface area contributed by atoms with Crippen LogP contribution in [0.1, 0.15) is 240 Å². The first-order chi connectivity index (χ1) is 26.9. The van der Waals surface area contributed by atoms with Gasteiger partial charge >= 0.3 is 0 Å². The lowest BCUT2D eigenvalue weighted by Crippen LogP contribution is -2.49. The molecule has 7 aliphatic rings. The molecule has 0 amide bonds. The Morgan fingerprint density at radius 1 is 0.527 bits per heavy atom. The highest BCUT2D eigenvalue weighted by atomic mass is 14.9. The van der Waals surface area contributed by atoms with E-state index < -0.39 is 0 Å². The Morgan fingerprint density at radius 3 is 1.87 bits per heavy atom. The van der Waals surface area contributed by atoms with Gasteiger partial charge in [-0.1, -0.05) is 150 Å². The first-order valence-corrected chi connectivity index (χ1v) is 26.7. The van der Waals surface area contributed by atoms with Crippen molar-refractivity contribution in [1.29, 1.82) is 0 Å². The summed E-state index contributed by atoms with van der Waals surface area (Å²) in [4.78, 5) is 0. The average Bonchev–Trinajstić information content (AvgIpc) is 3.85. The van der Waals surface area contributed by atoms with E-state index in [1.54, 1.807) is 109 Å². The summed E-state index contributed by atoms with van der Waals surface area (Å²) in [6, 6.07) is 0.784. The number of unbranched alkanes of at least 4 members (excludes halogenated alkanes) is 1. The standard InChI is InChI=1S/C54H97N/c1-6-8-25-46-40(4)21-11-9-10-12-22-43-36-44-38-54(45-23-13-14-24-45,52-31-20-19-28-49(44)52)37-41(5)47(26-15-16-27-48(43)46)50-29-17-18-30-51(50)53(55-7-2)42-34-32-39(3)33-35-42/h39-53,55H,6-38H2,1-5H3. The third-order valence-electron chi connectivity index (χ3n) is 20.0. The van der Waals surface area contributed by atoms with Crippen LogP contribution in [-0.4, -0.2) is 12.6 Å². The van der Waals surface area contributed by atoms with Crippen LogP contribution in [0.4, 0.5) is 0 Å². The quantitative estimate of drug-likeness (QED) is 0.247. The van der Waals surface area contributed by atoms with Gasteiger partial charge < -0.3 is 5.32 Å². The van der Waals surface area contributed by atoms with Gasteiger partial charge in [-0.2, -0.15) is 0 Å². The zero-order valence-corrected chi connectivity index (χ0v) is 38.0. The smallest absolute Gasteiger partial charge is 0.0126 e. The predicted molar refractivity (Wildman–Crippen MR) is 239 cm³/mol. The average molecular weight is 760 g/mol. The number of hydrogen-bond donors (Lipinski definition) is 1. The molecule has 7 saturated carbocycles. The number of rotatable bonds is 9. The van der Waals surface area contributed by atoms with E-state index in [0.29, 0.717) is 5.41 Å². The zero-order valence-electron chi connectivity index (χ0n) is 38.0. The van der Waals surface area contributed by atoms with Crippen LogP contribution < -0.4 is 5.32 Å². The second-order valence-corrected chi connectivity index (χ2v) is 23.0. The number of fused-ring (bicyclic) bond motifs is 6. The van der Waals surface area contributed by atoms with E-state index in [-0.39, 0.29) is 0 Å². The van der Waals surface area contributed by atoms with Crippen molar-refractivity contribution >= 4 is 0 Å². The van der Waals surface area contributed by atoms with Crippen LogP contribution in [0.2, 0.25) is 0 Å². The maximum atomic E-state index is 4.29. The van der Waals surface area contributed by atoms with Gasteiger partial charge in [-0.3, -0.25) is 0 Å². The molecule has 0 heterocycles. The van der Waals surface area contributed by atoms with Crippen molar-refractivity contribution in [3.05, 3.63) is 0 Å². The van der Waals surface area contributed by atoms with Crippen LogP contribution in [0.5, 0.6) is 0 Å². The first kappa shape index (κ1) is 43.1. The third kappa shape index (κ3) is 10.1. The van der Waals surface area contributed by atoms with Gasteiger partial charge in [0.25, 0.3) is 0 Å². The van der Waals surface area contributed by atoms with Crippen LogP contribution in [0.3, 0.4) is 0 Å². The van der Waals surface area contributed by atoms with Crippen LogP contribution >= 0.6 is 0 Å². The molecule has 7 aliphatic carbocycles. The van der Waals surface area contributed by atoms with E-state index in [0.717, 1.165) is 88.9 Å². The van der Waals surface area contributed by atoms with E-state index in [1.807, 2.05) is 0 Å². The van der Waals surface area contributed by atoms with E-state index in [9.17, 15) is 0 Å². The summed E-state index contributed by atoms with van der Waals surface area (Å²) < 4.78 is 0. The highest BCUT2D eigenvalue weighted by molar-refractivity contribution is 5.08. The normalized spacial score (nSPS) is 45.0. The molecule has 0 aliphatic heterocycles. The highest BCUT2D eigenvalue weighted by Crippen LogP contribution is 2.67. The molecule has 318 valence electrons. The van der Waals surface area contributed by atoms with Gasteiger partial charge in [0.1, 0.15) is 0 Å². The van der Waals surface area contributed by atoms with Crippen LogP contribution in [0.25, 0.3) is 0 Å². The van der Waals surface area contributed by atoms with Gasteiger partial charge in [0.05, 0.1) is 0 Å². The van der Waals surface area contributed by atoms with E-state index in [2.05, 4.69) is 39.9 Å². The molecule has 1 nitrogen and oxygen atoms in total. The van der Waals surface area contributed by atoms with Gasteiger partial charge in [0, 0.05) is 6.04 Å². The van der Waals surface area contributed by atoms with Crippen LogP contribution in [0.15, 0.2) is 0 Å². The minimum Gasteiger partial charge on any atom is -0.314 e. The Morgan fingerprint density at radius 2 is 1.15 bits per heavy atom. The van der Waals surface area contributed by atoms with Gasteiger partial charge in [0.15, 0.2) is 0 Å². The molecular formula is C54H97N. The first-order valence-electron chi connectivity index (χ1n) is 26.7. The van der Waals surface area contributed by atoms with Gasteiger partial charge in [0.2, 0.25) is 0 Å². The molecule has 0 spiro atoms. The maximum Gasteiger partial charge on any atom is 0.0126 e. The fourth-order valence-corrected chi connectivity index (χ4v) is 17.5. The molecule has 13 unspecified atom stereocenters. The highest BCUT2D eigenvalue weighted by Gasteiger charge is 2.58.